The summed E-state index contributed by atoms with van der Waals surface area (Å²) in [6.07, 6.45) is -5.04. The Balaban J connectivity index is 1.63. The number of imide groups is 2. The maximum Gasteiger partial charge on any atom is 0.416 e. The zero-order valence-electron chi connectivity index (χ0n) is 27.7. The van der Waals surface area contributed by atoms with Gasteiger partial charge in [-0.2, -0.15) is 26.3 Å². The van der Waals surface area contributed by atoms with Gasteiger partial charge in [0.05, 0.1) is 11.1 Å². The van der Waals surface area contributed by atoms with E-state index in [1.54, 1.807) is 42.5 Å². The number of alkyl halides is 6. The topological polar surface area (TPSA) is 92.3 Å². The van der Waals surface area contributed by atoms with Gasteiger partial charge in [0.1, 0.15) is 0 Å². The van der Waals surface area contributed by atoms with E-state index >= 15 is 0 Å². The van der Waals surface area contributed by atoms with Gasteiger partial charge in [-0.3, -0.25) is 29.8 Å². The van der Waals surface area contributed by atoms with Gasteiger partial charge in [0.25, 0.3) is 23.6 Å². The van der Waals surface area contributed by atoms with Gasteiger partial charge >= 0.3 is 12.4 Å². The Morgan fingerprint density at radius 1 is 0.519 bits per heavy atom. The highest BCUT2D eigenvalue weighted by Crippen LogP contribution is 2.31. The number of rotatable bonds is 9. The van der Waals surface area contributed by atoms with Crippen molar-refractivity contribution in [2.24, 2.45) is 0 Å². The van der Waals surface area contributed by atoms with E-state index in [0.717, 1.165) is 24.3 Å². The van der Waals surface area contributed by atoms with E-state index in [1.165, 1.54) is 68.5 Å². The molecule has 0 saturated carbocycles. The molecule has 52 heavy (non-hydrogen) atoms. The minimum Gasteiger partial charge on any atom is -0.288 e. The molecule has 4 aromatic rings. The summed E-state index contributed by atoms with van der Waals surface area (Å²) in [6, 6.07) is 22.6. The number of hydrogen-bond donors (Lipinski definition) is 2. The van der Waals surface area contributed by atoms with Gasteiger partial charge in [0.2, 0.25) is 0 Å². The Kier molecular flexibility index (Phi) is 12.0. The second kappa shape index (κ2) is 16.2. The number of hydrogen-bond acceptors (Lipinski definition) is 4. The summed E-state index contributed by atoms with van der Waals surface area (Å²) >= 11 is 0. The van der Waals surface area contributed by atoms with Crippen LogP contribution in [0.15, 0.2) is 121 Å². The van der Waals surface area contributed by atoms with Gasteiger partial charge < -0.3 is 0 Å². The molecule has 0 atom stereocenters. The monoisotopic (exact) mass is 716 g/mol. The van der Waals surface area contributed by atoms with Crippen molar-refractivity contribution in [3.05, 3.63) is 160 Å². The maximum atomic E-state index is 13.4. The summed E-state index contributed by atoms with van der Waals surface area (Å²) in [5, 5.41) is 4.48. The molecule has 0 aliphatic heterocycles. The van der Waals surface area contributed by atoms with Crippen molar-refractivity contribution in [1.82, 2.24) is 10.6 Å². The lowest BCUT2D eigenvalue weighted by atomic mass is 9.98. The second-order valence-electron chi connectivity index (χ2n) is 11.5. The number of halogens is 6. The Bertz CT molecular complexity index is 2090. The van der Waals surface area contributed by atoms with Crippen LogP contribution in [0.1, 0.15) is 52.8 Å². The molecule has 0 aliphatic rings. The van der Waals surface area contributed by atoms with Crippen LogP contribution >= 0.6 is 0 Å². The van der Waals surface area contributed by atoms with E-state index in [2.05, 4.69) is 17.2 Å². The van der Waals surface area contributed by atoms with Crippen LogP contribution in [-0.4, -0.2) is 23.6 Å². The summed E-state index contributed by atoms with van der Waals surface area (Å²) in [7, 11) is 0. The first-order valence-electron chi connectivity index (χ1n) is 15.4. The summed E-state index contributed by atoms with van der Waals surface area (Å²) < 4.78 is 78.5. The van der Waals surface area contributed by atoms with Crippen LogP contribution in [0.3, 0.4) is 0 Å². The van der Waals surface area contributed by atoms with Gasteiger partial charge in [-0.05, 0) is 90.2 Å². The third kappa shape index (κ3) is 10.4. The average Bonchev–Trinajstić information content (AvgIpc) is 3.09. The molecule has 266 valence electrons. The average molecular weight is 717 g/mol. The van der Waals surface area contributed by atoms with Gasteiger partial charge in [0.15, 0.2) is 0 Å². The van der Waals surface area contributed by atoms with Crippen LogP contribution in [0.5, 0.6) is 0 Å². The molecule has 12 heteroatoms. The number of benzene rings is 4. The summed E-state index contributed by atoms with van der Waals surface area (Å²) in [5.41, 5.74) is -0.173. The lowest BCUT2D eigenvalue weighted by molar-refractivity contribution is -0.138. The Labute approximate surface area is 294 Å². The van der Waals surface area contributed by atoms with Crippen molar-refractivity contribution < 1.29 is 45.5 Å². The van der Waals surface area contributed by atoms with Crippen LogP contribution < -0.4 is 10.6 Å². The molecule has 6 nitrogen and oxygen atoms in total. The number of amides is 4. The van der Waals surface area contributed by atoms with Gasteiger partial charge in [-0.15, -0.1) is 0 Å². The molecular formula is C40H30F6N2O4. The molecule has 0 fully saturated rings. The molecule has 0 radical (unpaired) electrons. The molecule has 0 bridgehead atoms. The summed E-state index contributed by atoms with van der Waals surface area (Å²) in [5.74, 6) is -3.24. The van der Waals surface area contributed by atoms with E-state index in [1.807, 2.05) is 0 Å². The van der Waals surface area contributed by atoms with Crippen molar-refractivity contribution in [3.8, 4) is 0 Å². The van der Waals surface area contributed by atoms with Gasteiger partial charge in [-0.25, -0.2) is 0 Å². The number of carbonyl (C=O) groups is 4. The Hall–Kier alpha value is -6.30. The van der Waals surface area contributed by atoms with E-state index in [4.69, 9.17) is 0 Å². The van der Waals surface area contributed by atoms with Crippen molar-refractivity contribution in [1.29, 1.82) is 0 Å². The molecule has 4 aromatic carbocycles. The van der Waals surface area contributed by atoms with Crippen LogP contribution in [0, 0.1) is 0 Å². The fraction of sp³-hybridized carbons (Fsp3) is 0.100. The van der Waals surface area contributed by atoms with Crippen LogP contribution in [0.4, 0.5) is 26.3 Å². The minimum atomic E-state index is -4.57. The van der Waals surface area contributed by atoms with Crippen molar-refractivity contribution >= 4 is 53.0 Å². The SMILES string of the molecule is C=C(C)C(=O)NC(=O)/C(=C\c1ccc(C(F)(F)F)cc1)c1cccc(/C=C(\C)C(=O)NC(=O)/C(=C/c2ccc(C(F)(F)F)cc2)c2ccccc2)c1. The van der Waals surface area contributed by atoms with Crippen molar-refractivity contribution in [2.45, 2.75) is 26.2 Å². The Morgan fingerprint density at radius 2 is 0.962 bits per heavy atom. The first kappa shape index (κ1) is 38.5. The van der Waals surface area contributed by atoms with Crippen LogP contribution in [-0.2, 0) is 31.5 Å². The van der Waals surface area contributed by atoms with E-state index in [-0.39, 0.29) is 39.0 Å². The standard InChI is InChI=1S/C40H30F6N2O4/c1-24(2)35(49)47-38(52)34(23-27-14-18-32(19-15-27)40(44,45)46)30-11-7-8-28(21-30)20-25(3)36(50)48-37(51)33(29-9-5-4-6-10-29)22-26-12-16-31(17-13-26)39(41,42)43/h4-23H,1H2,2-3H3,(H,47,49,52)(H,48,50,51)/b25-20+,33-22+,34-23-. The predicted molar refractivity (Wildman–Crippen MR) is 186 cm³/mol. The normalized spacial score (nSPS) is 12.6. The lowest BCUT2D eigenvalue weighted by Gasteiger charge is -2.12. The fourth-order valence-electron chi connectivity index (χ4n) is 4.71. The fourth-order valence-corrected chi connectivity index (χ4v) is 4.71. The van der Waals surface area contributed by atoms with Crippen LogP contribution in [0.2, 0.25) is 0 Å². The molecule has 0 aromatic heterocycles. The van der Waals surface area contributed by atoms with E-state index in [9.17, 15) is 45.5 Å². The highest BCUT2D eigenvalue weighted by molar-refractivity contribution is 6.30. The highest BCUT2D eigenvalue weighted by atomic mass is 19.4. The molecule has 0 spiro atoms. The number of carbonyl (C=O) groups excluding carboxylic acids is 4. The molecular weight excluding hydrogens is 686 g/mol. The minimum absolute atomic E-state index is 0.0110. The quantitative estimate of drug-likeness (QED) is 0.103. The van der Waals surface area contributed by atoms with Gasteiger partial charge in [0, 0.05) is 22.3 Å². The molecule has 2 N–H and O–H groups in total. The largest absolute Gasteiger partial charge is 0.416 e. The highest BCUT2D eigenvalue weighted by Gasteiger charge is 2.31. The third-order valence-corrected chi connectivity index (χ3v) is 7.45. The maximum absolute atomic E-state index is 13.4. The van der Waals surface area contributed by atoms with Crippen molar-refractivity contribution in [3.63, 3.8) is 0 Å². The first-order chi connectivity index (χ1) is 24.4. The smallest absolute Gasteiger partial charge is 0.288 e. The summed E-state index contributed by atoms with van der Waals surface area (Å²) in [6.45, 7) is 6.31. The second-order valence-corrected chi connectivity index (χ2v) is 11.5. The molecule has 4 rings (SSSR count). The van der Waals surface area contributed by atoms with Crippen molar-refractivity contribution in [2.75, 3.05) is 0 Å². The molecule has 0 aliphatic carbocycles. The van der Waals surface area contributed by atoms with E-state index in [0.29, 0.717) is 11.1 Å². The zero-order chi connectivity index (χ0) is 38.2. The summed E-state index contributed by atoms with van der Waals surface area (Å²) in [4.78, 5) is 52.1. The predicted octanol–water partition coefficient (Wildman–Crippen LogP) is 8.77. The molecule has 4 amide bonds. The lowest BCUT2D eigenvalue weighted by Crippen LogP contribution is -2.31. The molecule has 0 heterocycles. The first-order valence-corrected chi connectivity index (χ1v) is 15.4. The van der Waals surface area contributed by atoms with Gasteiger partial charge in [-0.1, -0.05) is 79.4 Å². The molecule has 0 unspecified atom stereocenters. The van der Waals surface area contributed by atoms with E-state index < -0.39 is 47.1 Å². The molecule has 0 saturated heterocycles. The Morgan fingerprint density at radius 3 is 1.42 bits per heavy atom. The zero-order valence-corrected chi connectivity index (χ0v) is 27.7. The third-order valence-electron chi connectivity index (χ3n) is 7.45. The number of nitrogens with one attached hydrogen (secondary N) is 2. The van der Waals surface area contributed by atoms with Crippen LogP contribution in [0.25, 0.3) is 29.4 Å².